The van der Waals surface area contributed by atoms with Gasteiger partial charge in [-0.15, -0.1) is 0 Å². The van der Waals surface area contributed by atoms with Crippen LogP contribution in [0.1, 0.15) is 50.3 Å². The summed E-state index contributed by atoms with van der Waals surface area (Å²) in [6, 6.07) is 21.7. The van der Waals surface area contributed by atoms with Crippen LogP contribution in [0.5, 0.6) is 0 Å². The maximum absolute atomic E-state index is 3.73. The Labute approximate surface area is 129 Å². The molecule has 112 valence electrons. The van der Waals surface area contributed by atoms with Gasteiger partial charge < -0.3 is 5.32 Å². The van der Waals surface area contributed by atoms with Gasteiger partial charge in [0.1, 0.15) is 0 Å². The van der Waals surface area contributed by atoms with E-state index < -0.39 is 0 Å². The number of nitrogens with one attached hydrogen (secondary N) is 1. The Morgan fingerprint density at radius 2 is 1.29 bits per heavy atom. The predicted molar refractivity (Wildman–Crippen MR) is 91.4 cm³/mol. The summed E-state index contributed by atoms with van der Waals surface area (Å²) in [4.78, 5) is 0. The van der Waals surface area contributed by atoms with Crippen molar-refractivity contribution in [2.45, 2.75) is 39.2 Å². The maximum Gasteiger partial charge on any atom is 0.0576 e. The van der Waals surface area contributed by atoms with Crippen LogP contribution in [0.25, 0.3) is 0 Å². The standard InChI is InChI=1S/C20H27N/c1-17(2)11-9-10-16-21-20(18-12-5-3-6-13-18)19-14-7-4-8-15-19/h3-8,12-15,17,20-21H,9-11,16H2,1-2H3. The number of hydrogen-bond acceptors (Lipinski definition) is 1. The van der Waals surface area contributed by atoms with Gasteiger partial charge in [0, 0.05) is 0 Å². The fourth-order valence-corrected chi connectivity index (χ4v) is 2.64. The van der Waals surface area contributed by atoms with Gasteiger partial charge in [0.25, 0.3) is 0 Å². The number of hydrogen-bond donors (Lipinski definition) is 1. The fraction of sp³-hybridized carbons (Fsp3) is 0.400. The van der Waals surface area contributed by atoms with Gasteiger partial charge in [-0.05, 0) is 30.0 Å². The molecule has 2 rings (SSSR count). The Morgan fingerprint density at radius 3 is 1.76 bits per heavy atom. The van der Waals surface area contributed by atoms with Gasteiger partial charge in [-0.25, -0.2) is 0 Å². The second-order valence-corrected chi connectivity index (χ2v) is 6.10. The van der Waals surface area contributed by atoms with E-state index in [1.165, 1.54) is 30.4 Å². The van der Waals surface area contributed by atoms with E-state index in [4.69, 9.17) is 0 Å². The summed E-state index contributed by atoms with van der Waals surface area (Å²) in [7, 11) is 0. The van der Waals surface area contributed by atoms with Crippen LogP contribution >= 0.6 is 0 Å². The predicted octanol–water partition coefficient (Wildman–Crippen LogP) is 5.19. The van der Waals surface area contributed by atoms with Crippen molar-refractivity contribution >= 4 is 0 Å². The van der Waals surface area contributed by atoms with Gasteiger partial charge >= 0.3 is 0 Å². The monoisotopic (exact) mass is 281 g/mol. The Morgan fingerprint density at radius 1 is 0.762 bits per heavy atom. The molecule has 0 unspecified atom stereocenters. The smallest absolute Gasteiger partial charge is 0.0576 e. The molecule has 2 aromatic carbocycles. The molecule has 21 heavy (non-hydrogen) atoms. The summed E-state index contributed by atoms with van der Waals surface area (Å²) in [5, 5.41) is 3.73. The van der Waals surface area contributed by atoms with E-state index in [2.05, 4.69) is 79.8 Å². The second-order valence-electron chi connectivity index (χ2n) is 6.10. The number of unbranched alkanes of at least 4 members (excludes halogenated alkanes) is 1. The molecule has 0 heterocycles. The first-order valence-corrected chi connectivity index (χ1v) is 8.10. The largest absolute Gasteiger partial charge is 0.306 e. The first kappa shape index (κ1) is 15.8. The van der Waals surface area contributed by atoms with E-state index in [-0.39, 0.29) is 0 Å². The molecule has 0 saturated carbocycles. The van der Waals surface area contributed by atoms with Crippen molar-refractivity contribution in [3.05, 3.63) is 71.8 Å². The van der Waals surface area contributed by atoms with E-state index >= 15 is 0 Å². The van der Waals surface area contributed by atoms with Crippen LogP contribution in [0.2, 0.25) is 0 Å². The highest BCUT2D eigenvalue weighted by Gasteiger charge is 2.12. The molecule has 1 nitrogen and oxygen atoms in total. The number of benzene rings is 2. The molecule has 0 amide bonds. The van der Waals surface area contributed by atoms with Crippen molar-refractivity contribution in [3.8, 4) is 0 Å². The number of rotatable bonds is 8. The zero-order chi connectivity index (χ0) is 14.9. The van der Waals surface area contributed by atoms with Crippen molar-refractivity contribution in [2.75, 3.05) is 6.54 Å². The van der Waals surface area contributed by atoms with Crippen LogP contribution in [0, 0.1) is 5.92 Å². The van der Waals surface area contributed by atoms with Crippen LogP contribution in [0.4, 0.5) is 0 Å². The lowest BCUT2D eigenvalue weighted by molar-refractivity contribution is 0.506. The van der Waals surface area contributed by atoms with E-state index in [1.807, 2.05) is 0 Å². The van der Waals surface area contributed by atoms with E-state index in [0.29, 0.717) is 6.04 Å². The third-order valence-corrected chi connectivity index (χ3v) is 3.82. The average molecular weight is 281 g/mol. The minimum Gasteiger partial charge on any atom is -0.306 e. The molecule has 0 aliphatic rings. The Balaban J connectivity index is 1.97. The lowest BCUT2D eigenvalue weighted by atomic mass is 9.98. The fourth-order valence-electron chi connectivity index (χ4n) is 2.64. The first-order chi connectivity index (χ1) is 10.3. The van der Waals surface area contributed by atoms with Crippen LogP contribution in [-0.2, 0) is 0 Å². The molecule has 0 atom stereocenters. The molecule has 0 aliphatic heterocycles. The van der Waals surface area contributed by atoms with Crippen LogP contribution in [0.15, 0.2) is 60.7 Å². The van der Waals surface area contributed by atoms with Crippen molar-refractivity contribution in [2.24, 2.45) is 5.92 Å². The molecule has 0 fully saturated rings. The molecule has 0 bridgehead atoms. The molecular formula is C20H27N. The van der Waals surface area contributed by atoms with Crippen molar-refractivity contribution in [1.82, 2.24) is 5.32 Å². The van der Waals surface area contributed by atoms with E-state index in [1.54, 1.807) is 0 Å². The molecule has 0 saturated heterocycles. The van der Waals surface area contributed by atoms with Gasteiger partial charge in [-0.2, -0.15) is 0 Å². The molecule has 1 heteroatoms. The molecule has 1 N–H and O–H groups in total. The Bertz CT molecular complexity index is 450. The lowest BCUT2D eigenvalue weighted by Crippen LogP contribution is -2.23. The third kappa shape index (κ3) is 5.35. The minimum absolute atomic E-state index is 0.298. The van der Waals surface area contributed by atoms with Gasteiger partial charge in [0.15, 0.2) is 0 Å². The molecule has 0 aliphatic carbocycles. The lowest BCUT2D eigenvalue weighted by Gasteiger charge is -2.20. The Kier molecular flexibility index (Phi) is 6.49. The zero-order valence-electron chi connectivity index (χ0n) is 13.3. The highest BCUT2D eigenvalue weighted by Crippen LogP contribution is 2.21. The molecule has 0 spiro atoms. The van der Waals surface area contributed by atoms with Gasteiger partial charge in [0.2, 0.25) is 0 Å². The third-order valence-electron chi connectivity index (χ3n) is 3.82. The average Bonchev–Trinajstić information content (AvgIpc) is 2.52. The van der Waals surface area contributed by atoms with Crippen molar-refractivity contribution < 1.29 is 0 Å². The summed E-state index contributed by atoms with van der Waals surface area (Å²) in [6.45, 7) is 5.66. The highest BCUT2D eigenvalue weighted by molar-refractivity contribution is 5.31. The summed E-state index contributed by atoms with van der Waals surface area (Å²) in [6.07, 6.45) is 3.87. The summed E-state index contributed by atoms with van der Waals surface area (Å²) >= 11 is 0. The molecule has 2 aromatic rings. The Hall–Kier alpha value is -1.60. The summed E-state index contributed by atoms with van der Waals surface area (Å²) in [5.74, 6) is 0.809. The van der Waals surface area contributed by atoms with Gasteiger partial charge in [0.05, 0.1) is 6.04 Å². The first-order valence-electron chi connectivity index (χ1n) is 8.10. The highest BCUT2D eigenvalue weighted by atomic mass is 14.9. The molecule has 0 radical (unpaired) electrons. The van der Waals surface area contributed by atoms with E-state index in [9.17, 15) is 0 Å². The SMILES string of the molecule is CC(C)CCCCNC(c1ccccc1)c1ccccc1. The normalized spacial score (nSPS) is 11.2. The second kappa shape index (κ2) is 8.63. The maximum atomic E-state index is 3.73. The van der Waals surface area contributed by atoms with Crippen molar-refractivity contribution in [1.29, 1.82) is 0 Å². The minimum atomic E-state index is 0.298. The summed E-state index contributed by atoms with van der Waals surface area (Å²) in [5.41, 5.74) is 2.68. The van der Waals surface area contributed by atoms with E-state index in [0.717, 1.165) is 12.5 Å². The summed E-state index contributed by atoms with van der Waals surface area (Å²) < 4.78 is 0. The molecule has 0 aromatic heterocycles. The van der Waals surface area contributed by atoms with Crippen LogP contribution < -0.4 is 5.32 Å². The van der Waals surface area contributed by atoms with Gasteiger partial charge in [-0.3, -0.25) is 0 Å². The quantitative estimate of drug-likeness (QED) is 0.656. The zero-order valence-corrected chi connectivity index (χ0v) is 13.3. The topological polar surface area (TPSA) is 12.0 Å². The van der Waals surface area contributed by atoms with Crippen LogP contribution in [0.3, 0.4) is 0 Å². The molecular weight excluding hydrogens is 254 g/mol. The van der Waals surface area contributed by atoms with Crippen LogP contribution in [-0.4, -0.2) is 6.54 Å². The van der Waals surface area contributed by atoms with Crippen molar-refractivity contribution in [3.63, 3.8) is 0 Å². The van der Waals surface area contributed by atoms with Gasteiger partial charge in [-0.1, -0.05) is 87.4 Å².